The molecule has 1 N–H and O–H groups in total. The van der Waals surface area contributed by atoms with E-state index in [0.29, 0.717) is 5.41 Å². The molecule has 0 amide bonds. The van der Waals surface area contributed by atoms with Crippen LogP contribution >= 0.6 is 0 Å². The largest absolute Gasteiger partial charge is 0.316 e. The number of hydrogen-bond acceptors (Lipinski definition) is 2. The van der Waals surface area contributed by atoms with Crippen LogP contribution in [0.1, 0.15) is 43.6 Å². The molecular formula is C14H20N2. The van der Waals surface area contributed by atoms with Gasteiger partial charge in [0, 0.05) is 18.9 Å². The van der Waals surface area contributed by atoms with E-state index >= 15 is 0 Å². The Hall–Kier alpha value is -0.890. The number of hydrogen-bond donors (Lipinski definition) is 1. The molecular weight excluding hydrogens is 196 g/mol. The zero-order valence-electron chi connectivity index (χ0n) is 9.78. The van der Waals surface area contributed by atoms with Crippen molar-refractivity contribution in [3.8, 4) is 0 Å². The van der Waals surface area contributed by atoms with Crippen LogP contribution in [0.4, 0.5) is 0 Å². The van der Waals surface area contributed by atoms with Crippen molar-refractivity contribution < 1.29 is 0 Å². The van der Waals surface area contributed by atoms with Gasteiger partial charge in [0.15, 0.2) is 0 Å². The van der Waals surface area contributed by atoms with E-state index in [4.69, 9.17) is 0 Å². The minimum atomic E-state index is 0.651. The standard InChI is InChI=1S/C14H20N2/c1-2-13(10-15-8-1)12-3-5-14(6-4-12)7-9-16-11-14/h1-2,8,10,12,16H,3-7,9,11H2. The summed E-state index contributed by atoms with van der Waals surface area (Å²) in [6, 6.07) is 4.30. The van der Waals surface area contributed by atoms with Gasteiger partial charge < -0.3 is 5.32 Å². The van der Waals surface area contributed by atoms with Gasteiger partial charge in [-0.1, -0.05) is 6.07 Å². The maximum Gasteiger partial charge on any atom is 0.0302 e. The van der Waals surface area contributed by atoms with E-state index in [0.717, 1.165) is 5.92 Å². The van der Waals surface area contributed by atoms with E-state index in [2.05, 4.69) is 28.6 Å². The Morgan fingerprint density at radius 2 is 2.12 bits per heavy atom. The maximum absolute atomic E-state index is 4.24. The molecule has 2 heterocycles. The highest BCUT2D eigenvalue weighted by molar-refractivity contribution is 5.16. The lowest BCUT2D eigenvalue weighted by Gasteiger charge is -2.36. The molecule has 0 radical (unpaired) electrons. The third kappa shape index (κ3) is 1.86. The van der Waals surface area contributed by atoms with Crippen molar-refractivity contribution in [1.82, 2.24) is 10.3 Å². The molecule has 2 nitrogen and oxygen atoms in total. The van der Waals surface area contributed by atoms with Gasteiger partial charge in [-0.3, -0.25) is 4.98 Å². The van der Waals surface area contributed by atoms with Gasteiger partial charge >= 0.3 is 0 Å². The quantitative estimate of drug-likeness (QED) is 0.780. The lowest BCUT2D eigenvalue weighted by atomic mass is 9.69. The van der Waals surface area contributed by atoms with Crippen molar-refractivity contribution in [2.75, 3.05) is 13.1 Å². The molecule has 1 saturated heterocycles. The van der Waals surface area contributed by atoms with Crippen LogP contribution in [-0.4, -0.2) is 18.1 Å². The van der Waals surface area contributed by atoms with E-state index < -0.39 is 0 Å². The lowest BCUT2D eigenvalue weighted by Crippen LogP contribution is -2.29. The lowest BCUT2D eigenvalue weighted by molar-refractivity contribution is 0.199. The van der Waals surface area contributed by atoms with Crippen LogP contribution in [0.2, 0.25) is 0 Å². The van der Waals surface area contributed by atoms with E-state index in [1.54, 1.807) is 0 Å². The van der Waals surface area contributed by atoms with Crippen LogP contribution in [0.5, 0.6) is 0 Å². The molecule has 2 fully saturated rings. The summed E-state index contributed by atoms with van der Waals surface area (Å²) in [5, 5.41) is 3.53. The Morgan fingerprint density at radius 1 is 1.25 bits per heavy atom. The normalized spacial score (nSPS) is 34.4. The maximum atomic E-state index is 4.24. The molecule has 1 aliphatic heterocycles. The van der Waals surface area contributed by atoms with Crippen LogP contribution in [0.25, 0.3) is 0 Å². The van der Waals surface area contributed by atoms with Gasteiger partial charge in [-0.2, -0.15) is 0 Å². The Balaban J connectivity index is 1.66. The van der Waals surface area contributed by atoms with Gasteiger partial charge in [0.05, 0.1) is 0 Å². The van der Waals surface area contributed by atoms with Crippen molar-refractivity contribution in [1.29, 1.82) is 0 Å². The van der Waals surface area contributed by atoms with Crippen LogP contribution in [0.15, 0.2) is 24.5 Å². The van der Waals surface area contributed by atoms with Gasteiger partial charge in [-0.05, 0) is 61.6 Å². The van der Waals surface area contributed by atoms with E-state index in [9.17, 15) is 0 Å². The molecule has 3 rings (SSSR count). The Kier molecular flexibility index (Phi) is 2.68. The highest BCUT2D eigenvalue weighted by atomic mass is 14.9. The van der Waals surface area contributed by atoms with E-state index in [1.807, 2.05) is 6.20 Å². The monoisotopic (exact) mass is 216 g/mol. The highest BCUT2D eigenvalue weighted by Crippen LogP contribution is 2.45. The number of rotatable bonds is 1. The first-order valence-electron chi connectivity index (χ1n) is 6.49. The molecule has 0 atom stereocenters. The Bertz CT molecular complexity index is 331. The molecule has 1 saturated carbocycles. The fourth-order valence-corrected chi connectivity index (χ4v) is 3.40. The summed E-state index contributed by atoms with van der Waals surface area (Å²) in [5.41, 5.74) is 2.10. The van der Waals surface area contributed by atoms with Crippen LogP contribution in [0, 0.1) is 5.41 Å². The van der Waals surface area contributed by atoms with Gasteiger partial charge in [0.2, 0.25) is 0 Å². The molecule has 1 aliphatic carbocycles. The number of pyridine rings is 1. The number of aromatic nitrogens is 1. The SMILES string of the molecule is c1cncc(C2CCC3(CCNC3)CC2)c1. The molecule has 0 aromatic carbocycles. The summed E-state index contributed by atoms with van der Waals surface area (Å²) in [6.45, 7) is 2.49. The predicted molar refractivity (Wildman–Crippen MR) is 65.4 cm³/mol. The molecule has 0 unspecified atom stereocenters. The van der Waals surface area contributed by atoms with Crippen molar-refractivity contribution in [3.05, 3.63) is 30.1 Å². The van der Waals surface area contributed by atoms with Gasteiger partial charge in [-0.25, -0.2) is 0 Å². The first-order chi connectivity index (χ1) is 7.88. The Morgan fingerprint density at radius 3 is 2.75 bits per heavy atom. The summed E-state index contributed by atoms with van der Waals surface area (Å²) in [5.74, 6) is 0.764. The summed E-state index contributed by atoms with van der Waals surface area (Å²) < 4.78 is 0. The molecule has 1 aromatic heterocycles. The number of nitrogens with one attached hydrogen (secondary N) is 1. The summed E-state index contributed by atoms with van der Waals surface area (Å²) in [4.78, 5) is 4.24. The third-order valence-electron chi connectivity index (χ3n) is 4.53. The first kappa shape index (κ1) is 10.3. The molecule has 1 spiro atoms. The summed E-state index contributed by atoms with van der Waals surface area (Å²) in [6.07, 6.45) is 10.8. The third-order valence-corrected chi connectivity index (χ3v) is 4.53. The molecule has 2 aliphatic rings. The zero-order valence-corrected chi connectivity index (χ0v) is 9.78. The second kappa shape index (κ2) is 4.17. The van der Waals surface area contributed by atoms with Crippen molar-refractivity contribution in [3.63, 3.8) is 0 Å². The number of nitrogens with zero attached hydrogens (tertiary/aromatic N) is 1. The second-order valence-electron chi connectivity index (χ2n) is 5.49. The minimum absolute atomic E-state index is 0.651. The molecule has 16 heavy (non-hydrogen) atoms. The van der Waals surface area contributed by atoms with Crippen molar-refractivity contribution in [2.45, 2.75) is 38.0 Å². The van der Waals surface area contributed by atoms with E-state index in [1.165, 1.54) is 50.8 Å². The fraction of sp³-hybridized carbons (Fsp3) is 0.643. The Labute approximate surface area is 97.5 Å². The average molecular weight is 216 g/mol. The first-order valence-corrected chi connectivity index (χ1v) is 6.49. The molecule has 1 aromatic rings. The summed E-state index contributed by atoms with van der Waals surface area (Å²) >= 11 is 0. The van der Waals surface area contributed by atoms with E-state index in [-0.39, 0.29) is 0 Å². The highest BCUT2D eigenvalue weighted by Gasteiger charge is 2.37. The molecule has 2 heteroatoms. The van der Waals surface area contributed by atoms with Crippen LogP contribution in [0.3, 0.4) is 0 Å². The van der Waals surface area contributed by atoms with Crippen molar-refractivity contribution >= 4 is 0 Å². The zero-order chi connectivity index (χ0) is 10.8. The predicted octanol–water partition coefficient (Wildman–Crippen LogP) is 2.72. The smallest absolute Gasteiger partial charge is 0.0302 e. The second-order valence-corrected chi connectivity index (χ2v) is 5.49. The van der Waals surface area contributed by atoms with Crippen LogP contribution in [-0.2, 0) is 0 Å². The van der Waals surface area contributed by atoms with Crippen molar-refractivity contribution in [2.24, 2.45) is 5.41 Å². The average Bonchev–Trinajstić information content (AvgIpc) is 2.80. The molecule has 0 bridgehead atoms. The fourth-order valence-electron chi connectivity index (χ4n) is 3.40. The van der Waals surface area contributed by atoms with Crippen LogP contribution < -0.4 is 5.32 Å². The van der Waals surface area contributed by atoms with Gasteiger partial charge in [-0.15, -0.1) is 0 Å². The molecule has 86 valence electrons. The summed E-state index contributed by atoms with van der Waals surface area (Å²) in [7, 11) is 0. The minimum Gasteiger partial charge on any atom is -0.316 e. The van der Waals surface area contributed by atoms with Gasteiger partial charge in [0.1, 0.15) is 0 Å². The van der Waals surface area contributed by atoms with Gasteiger partial charge in [0.25, 0.3) is 0 Å². The topological polar surface area (TPSA) is 24.9 Å².